The van der Waals surface area contributed by atoms with E-state index < -0.39 is 5.97 Å². The van der Waals surface area contributed by atoms with Crippen molar-refractivity contribution in [2.24, 2.45) is 0 Å². The molecule has 0 radical (unpaired) electrons. The summed E-state index contributed by atoms with van der Waals surface area (Å²) in [7, 11) is 1.35. The summed E-state index contributed by atoms with van der Waals surface area (Å²) in [6.45, 7) is 0.810. The highest BCUT2D eigenvalue weighted by Crippen LogP contribution is 2.22. The molecule has 5 rings (SSSR count). The fourth-order valence-corrected chi connectivity index (χ4v) is 4.11. The molecular formula is C27H24N4O3. The minimum atomic E-state index is -0.392. The smallest absolute Gasteiger partial charge is 0.337 e. The summed E-state index contributed by atoms with van der Waals surface area (Å²) in [6.07, 6.45) is 12.4. The number of ether oxygens (including phenoxy) is 1. The molecule has 2 heterocycles. The molecule has 7 nitrogen and oxygen atoms in total. The molecule has 34 heavy (non-hydrogen) atoms. The van der Waals surface area contributed by atoms with Crippen LogP contribution in [-0.2, 0) is 17.8 Å². The lowest BCUT2D eigenvalue weighted by atomic mass is 9.98. The molecule has 1 aliphatic carbocycles. The van der Waals surface area contributed by atoms with Crippen LogP contribution in [0.2, 0.25) is 0 Å². The third kappa shape index (κ3) is 4.28. The maximum Gasteiger partial charge on any atom is 0.337 e. The van der Waals surface area contributed by atoms with Crippen molar-refractivity contribution < 1.29 is 14.3 Å². The lowest BCUT2D eigenvalue weighted by Gasteiger charge is -2.25. The Balaban J connectivity index is 1.36. The summed E-state index contributed by atoms with van der Waals surface area (Å²) in [4.78, 5) is 29.4. The number of allylic oxidation sites excluding steroid dienone is 5. The van der Waals surface area contributed by atoms with Gasteiger partial charge in [-0.25, -0.2) is 9.78 Å². The minimum Gasteiger partial charge on any atom is -0.465 e. The van der Waals surface area contributed by atoms with Gasteiger partial charge in [-0.15, -0.1) is 0 Å². The zero-order valence-corrected chi connectivity index (χ0v) is 18.7. The van der Waals surface area contributed by atoms with Crippen LogP contribution in [0.4, 0.5) is 0 Å². The number of esters is 1. The standard InChI is InChI=1S/C27H24N4O3/c1-34-27(33)20-12-10-18(11-13-20)16-28-26(32)25-30-23-8-4-5-9-24(23)31(25)17-21-15-14-19-6-2-3-7-22(19)29-21/h2-15,22,29H,16-17H2,1H3,(H,28,32). The summed E-state index contributed by atoms with van der Waals surface area (Å²) in [5.41, 5.74) is 5.21. The molecule has 3 aromatic rings. The van der Waals surface area contributed by atoms with Crippen LogP contribution in [0.1, 0.15) is 26.5 Å². The van der Waals surface area contributed by atoms with Crippen LogP contribution in [0.15, 0.2) is 96.3 Å². The van der Waals surface area contributed by atoms with Crippen molar-refractivity contribution in [1.82, 2.24) is 20.2 Å². The second-order valence-corrected chi connectivity index (χ2v) is 8.11. The monoisotopic (exact) mass is 452 g/mol. The van der Waals surface area contributed by atoms with Gasteiger partial charge in [0.25, 0.3) is 5.91 Å². The number of hydrogen-bond donors (Lipinski definition) is 2. The van der Waals surface area contributed by atoms with Crippen molar-refractivity contribution in [3.8, 4) is 0 Å². The highest BCUT2D eigenvalue weighted by molar-refractivity contribution is 5.95. The lowest BCUT2D eigenvalue weighted by molar-refractivity contribution is 0.0600. The summed E-state index contributed by atoms with van der Waals surface area (Å²) in [5.74, 6) is -0.304. The molecular weight excluding hydrogens is 428 g/mol. The molecule has 0 fully saturated rings. The first-order valence-electron chi connectivity index (χ1n) is 11.1. The maximum absolute atomic E-state index is 13.2. The molecule has 0 bridgehead atoms. The van der Waals surface area contributed by atoms with Gasteiger partial charge in [-0.05, 0) is 41.5 Å². The van der Waals surface area contributed by atoms with Gasteiger partial charge in [0, 0.05) is 12.2 Å². The lowest BCUT2D eigenvalue weighted by Crippen LogP contribution is -2.34. The van der Waals surface area contributed by atoms with Crippen molar-refractivity contribution >= 4 is 22.9 Å². The number of fused-ring (bicyclic) bond motifs is 2. The van der Waals surface area contributed by atoms with E-state index in [0.717, 1.165) is 22.3 Å². The zero-order chi connectivity index (χ0) is 23.5. The van der Waals surface area contributed by atoms with Crippen LogP contribution in [0.5, 0.6) is 0 Å². The van der Waals surface area contributed by atoms with E-state index in [2.05, 4.69) is 39.9 Å². The Morgan fingerprint density at radius 2 is 1.91 bits per heavy atom. The van der Waals surface area contributed by atoms with E-state index >= 15 is 0 Å². The number of carbonyl (C=O) groups is 2. The summed E-state index contributed by atoms with van der Waals surface area (Å²) in [5, 5.41) is 6.49. The SMILES string of the molecule is COC(=O)c1ccc(CNC(=O)c2nc3ccccc3n2CC2=CC=C3C=CC=CC3N2)cc1. The van der Waals surface area contributed by atoms with E-state index in [4.69, 9.17) is 4.74 Å². The van der Waals surface area contributed by atoms with Crippen molar-refractivity contribution in [3.63, 3.8) is 0 Å². The van der Waals surface area contributed by atoms with Gasteiger partial charge < -0.3 is 19.9 Å². The predicted octanol–water partition coefficient (Wildman–Crippen LogP) is 3.66. The largest absolute Gasteiger partial charge is 0.465 e. The molecule has 0 spiro atoms. The number of dihydropyridines is 1. The van der Waals surface area contributed by atoms with E-state index in [9.17, 15) is 9.59 Å². The molecule has 1 aromatic heterocycles. The Kier molecular flexibility index (Phi) is 5.82. The molecule has 1 aliphatic heterocycles. The summed E-state index contributed by atoms with van der Waals surface area (Å²) < 4.78 is 6.66. The summed E-state index contributed by atoms with van der Waals surface area (Å²) in [6, 6.07) is 14.8. The van der Waals surface area contributed by atoms with E-state index in [1.807, 2.05) is 41.0 Å². The molecule has 2 N–H and O–H groups in total. The number of nitrogens with zero attached hydrogens (tertiary/aromatic N) is 2. The Morgan fingerprint density at radius 3 is 2.74 bits per heavy atom. The van der Waals surface area contributed by atoms with Crippen molar-refractivity contribution in [2.75, 3.05) is 7.11 Å². The highest BCUT2D eigenvalue weighted by atomic mass is 16.5. The molecule has 1 atom stereocenters. The van der Waals surface area contributed by atoms with E-state index in [1.54, 1.807) is 24.3 Å². The van der Waals surface area contributed by atoms with Gasteiger partial charge in [0.2, 0.25) is 0 Å². The Labute approximate surface area is 197 Å². The van der Waals surface area contributed by atoms with Gasteiger partial charge in [-0.2, -0.15) is 0 Å². The quantitative estimate of drug-likeness (QED) is 0.558. The molecule has 7 heteroatoms. The van der Waals surface area contributed by atoms with Crippen LogP contribution >= 0.6 is 0 Å². The predicted molar refractivity (Wildman–Crippen MR) is 130 cm³/mol. The van der Waals surface area contributed by atoms with Crippen LogP contribution in [0.3, 0.4) is 0 Å². The number of rotatable bonds is 6. The van der Waals surface area contributed by atoms with E-state index in [-0.39, 0.29) is 11.9 Å². The van der Waals surface area contributed by atoms with Gasteiger partial charge >= 0.3 is 5.97 Å². The molecule has 170 valence electrons. The van der Waals surface area contributed by atoms with Gasteiger partial charge in [-0.1, -0.05) is 54.6 Å². The number of aromatic nitrogens is 2. The fraction of sp³-hybridized carbons (Fsp3) is 0.148. The molecule has 0 saturated heterocycles. The van der Waals surface area contributed by atoms with Crippen LogP contribution in [-0.4, -0.2) is 34.6 Å². The average Bonchev–Trinajstić information content (AvgIpc) is 3.25. The van der Waals surface area contributed by atoms with Crippen LogP contribution in [0.25, 0.3) is 11.0 Å². The molecule has 1 unspecified atom stereocenters. The second kappa shape index (κ2) is 9.23. The number of benzene rings is 2. The summed E-state index contributed by atoms with van der Waals surface area (Å²) >= 11 is 0. The van der Waals surface area contributed by atoms with Gasteiger partial charge in [0.1, 0.15) is 0 Å². The number of hydrogen-bond acceptors (Lipinski definition) is 5. The highest BCUT2D eigenvalue weighted by Gasteiger charge is 2.21. The zero-order valence-electron chi connectivity index (χ0n) is 18.7. The molecule has 2 aliphatic rings. The first-order valence-corrected chi connectivity index (χ1v) is 11.1. The Bertz CT molecular complexity index is 1380. The second-order valence-electron chi connectivity index (χ2n) is 8.11. The van der Waals surface area contributed by atoms with Crippen molar-refractivity contribution in [3.05, 3.63) is 113 Å². The van der Waals surface area contributed by atoms with E-state index in [1.165, 1.54) is 12.7 Å². The van der Waals surface area contributed by atoms with Gasteiger partial charge in [0.05, 0.1) is 36.3 Å². The minimum absolute atomic E-state index is 0.130. The van der Waals surface area contributed by atoms with Gasteiger partial charge in [-0.3, -0.25) is 4.79 Å². The first kappa shape index (κ1) is 21.5. The number of imidazole rings is 1. The fourth-order valence-electron chi connectivity index (χ4n) is 4.11. The Hall–Kier alpha value is -4.39. The maximum atomic E-state index is 13.2. The number of para-hydroxylation sites is 2. The first-order chi connectivity index (χ1) is 16.6. The molecule has 0 saturated carbocycles. The average molecular weight is 453 g/mol. The topological polar surface area (TPSA) is 85.2 Å². The Morgan fingerprint density at radius 1 is 1.09 bits per heavy atom. The normalized spacial score (nSPS) is 16.3. The number of nitrogens with one attached hydrogen (secondary N) is 2. The van der Waals surface area contributed by atoms with Crippen LogP contribution < -0.4 is 10.6 Å². The number of amides is 1. The van der Waals surface area contributed by atoms with Gasteiger partial charge in [0.15, 0.2) is 5.82 Å². The van der Waals surface area contributed by atoms with E-state index in [0.29, 0.717) is 24.5 Å². The number of carbonyl (C=O) groups excluding carboxylic acids is 2. The van der Waals surface area contributed by atoms with Crippen molar-refractivity contribution in [2.45, 2.75) is 19.1 Å². The van der Waals surface area contributed by atoms with Crippen LogP contribution in [0, 0.1) is 0 Å². The third-order valence-corrected chi connectivity index (χ3v) is 5.89. The molecule has 1 amide bonds. The van der Waals surface area contributed by atoms with Crippen molar-refractivity contribution in [1.29, 1.82) is 0 Å². The number of methoxy groups -OCH3 is 1. The third-order valence-electron chi connectivity index (χ3n) is 5.89. The molecule has 2 aromatic carbocycles.